The molecule has 2 amide bonds. The third-order valence-corrected chi connectivity index (χ3v) is 7.09. The van der Waals surface area contributed by atoms with Crippen molar-refractivity contribution >= 4 is 29.1 Å². The lowest BCUT2D eigenvalue weighted by Crippen LogP contribution is -2.47. The quantitative estimate of drug-likeness (QED) is 0.358. The predicted octanol–water partition coefficient (Wildman–Crippen LogP) is 5.87. The van der Waals surface area contributed by atoms with Gasteiger partial charge in [0.15, 0.2) is 0 Å². The summed E-state index contributed by atoms with van der Waals surface area (Å²) in [6, 6.07) is 28.8. The molecule has 0 N–H and O–H groups in total. The maximum Gasteiger partial charge on any atom is 0.256 e. The molecule has 0 spiro atoms. The number of rotatable bonds is 5. The molecular weight excluding hydrogens is 458 g/mol. The van der Waals surface area contributed by atoms with E-state index in [9.17, 15) is 9.59 Å². The Morgan fingerprint density at radius 1 is 0.829 bits per heavy atom. The number of benzene rings is 3. The van der Waals surface area contributed by atoms with Crippen molar-refractivity contribution in [3.8, 4) is 5.69 Å². The van der Waals surface area contributed by atoms with Crippen LogP contribution in [0.2, 0.25) is 5.02 Å². The molecule has 0 saturated heterocycles. The van der Waals surface area contributed by atoms with Gasteiger partial charge in [-0.1, -0.05) is 66.2 Å². The van der Waals surface area contributed by atoms with E-state index in [0.717, 1.165) is 35.5 Å². The average molecular weight is 482 g/mol. The van der Waals surface area contributed by atoms with Crippen LogP contribution in [0.4, 0.5) is 5.69 Å². The van der Waals surface area contributed by atoms with Crippen molar-refractivity contribution in [3.63, 3.8) is 0 Å². The van der Waals surface area contributed by atoms with Crippen LogP contribution in [0.25, 0.3) is 5.69 Å². The third-order valence-electron chi connectivity index (χ3n) is 6.76. The Bertz CT molecular complexity index is 1410. The number of para-hydroxylation sites is 2. The van der Waals surface area contributed by atoms with Gasteiger partial charge in [0.05, 0.1) is 27.7 Å². The first-order valence-corrected chi connectivity index (χ1v) is 12.2. The van der Waals surface area contributed by atoms with E-state index in [1.165, 1.54) is 0 Å². The van der Waals surface area contributed by atoms with E-state index in [4.69, 9.17) is 11.6 Å². The van der Waals surface area contributed by atoms with Crippen molar-refractivity contribution in [3.05, 3.63) is 119 Å². The van der Waals surface area contributed by atoms with Gasteiger partial charge in [0, 0.05) is 12.2 Å². The summed E-state index contributed by atoms with van der Waals surface area (Å²) in [5, 5.41) is 0.402. The number of aromatic nitrogens is 1. The summed E-state index contributed by atoms with van der Waals surface area (Å²) in [6.07, 6.45) is 3.82. The summed E-state index contributed by atoms with van der Waals surface area (Å²) in [7, 11) is 0. The second-order valence-electron chi connectivity index (χ2n) is 9.01. The maximum atomic E-state index is 14.1. The van der Waals surface area contributed by atoms with Crippen LogP contribution in [-0.2, 0) is 4.79 Å². The van der Waals surface area contributed by atoms with Crippen molar-refractivity contribution in [1.82, 2.24) is 9.47 Å². The number of nitrogens with zero attached hydrogens (tertiary/aromatic N) is 3. The van der Waals surface area contributed by atoms with Gasteiger partial charge in [-0.15, -0.1) is 0 Å². The number of halogens is 1. The van der Waals surface area contributed by atoms with Crippen LogP contribution in [0, 0.1) is 0 Å². The highest BCUT2D eigenvalue weighted by Gasteiger charge is 2.40. The molecule has 6 rings (SSSR count). The van der Waals surface area contributed by atoms with E-state index in [1.54, 1.807) is 29.2 Å². The highest BCUT2D eigenvalue weighted by molar-refractivity contribution is 6.33. The fourth-order valence-corrected chi connectivity index (χ4v) is 5.19. The van der Waals surface area contributed by atoms with Gasteiger partial charge in [-0.05, 0) is 54.8 Å². The fourth-order valence-electron chi connectivity index (χ4n) is 4.98. The molecule has 2 aliphatic rings. The van der Waals surface area contributed by atoms with Crippen molar-refractivity contribution in [2.45, 2.75) is 24.9 Å². The molecule has 1 aliphatic carbocycles. The van der Waals surface area contributed by atoms with Gasteiger partial charge in [-0.2, -0.15) is 0 Å². The summed E-state index contributed by atoms with van der Waals surface area (Å²) < 4.78 is 2.14. The van der Waals surface area contributed by atoms with Gasteiger partial charge in [-0.3, -0.25) is 14.5 Å². The Morgan fingerprint density at radius 3 is 2.26 bits per heavy atom. The Morgan fingerprint density at radius 2 is 1.51 bits per heavy atom. The number of hydrogen-bond donors (Lipinski definition) is 0. The lowest BCUT2D eigenvalue weighted by Gasteiger charge is -2.39. The molecule has 1 aromatic heterocycles. The SMILES string of the molecule is O=C(c1ccccc1Cl)N(CC(=O)N1c2ccccc2-n2cccc2C1c1ccccc1)C1CC1. The Hall–Kier alpha value is -3.83. The topological polar surface area (TPSA) is 45.6 Å². The largest absolute Gasteiger partial charge is 0.326 e. The molecule has 1 unspecified atom stereocenters. The smallest absolute Gasteiger partial charge is 0.256 e. The van der Waals surface area contributed by atoms with E-state index < -0.39 is 0 Å². The molecule has 174 valence electrons. The molecule has 1 aliphatic heterocycles. The number of hydrogen-bond acceptors (Lipinski definition) is 2. The lowest BCUT2D eigenvalue weighted by molar-refractivity contribution is -0.119. The summed E-state index contributed by atoms with van der Waals surface area (Å²) in [6.45, 7) is -0.00685. The fraction of sp³-hybridized carbons (Fsp3) is 0.172. The summed E-state index contributed by atoms with van der Waals surface area (Å²) in [5.41, 5.74) is 4.24. The van der Waals surface area contributed by atoms with E-state index in [1.807, 2.05) is 71.8 Å². The van der Waals surface area contributed by atoms with Crippen LogP contribution in [0.15, 0.2) is 97.2 Å². The van der Waals surface area contributed by atoms with Crippen molar-refractivity contribution < 1.29 is 9.59 Å². The molecule has 1 fully saturated rings. The minimum Gasteiger partial charge on any atom is -0.326 e. The second-order valence-corrected chi connectivity index (χ2v) is 9.42. The average Bonchev–Trinajstić information content (AvgIpc) is 3.62. The molecule has 0 bridgehead atoms. The standard InChI is InChI=1S/C29H24ClN3O2/c30-23-12-5-4-11-22(23)29(35)32(21-16-17-21)19-27(34)33-25-14-7-6-13-24(25)31-18-8-15-26(31)28(33)20-9-2-1-3-10-20/h1-15,18,21,28H,16-17,19H2. The molecule has 2 heterocycles. The minimum atomic E-state index is -0.301. The summed E-state index contributed by atoms with van der Waals surface area (Å²) in [4.78, 5) is 31.2. The molecular formula is C29H24ClN3O2. The molecule has 1 atom stereocenters. The van der Waals surface area contributed by atoms with Gasteiger partial charge in [-0.25, -0.2) is 0 Å². The van der Waals surface area contributed by atoms with Gasteiger partial charge in [0.25, 0.3) is 5.91 Å². The van der Waals surface area contributed by atoms with Gasteiger partial charge in [0.1, 0.15) is 12.6 Å². The Labute approximate surface area is 209 Å². The minimum absolute atomic E-state index is 0.00685. The highest BCUT2D eigenvalue weighted by Crippen LogP contribution is 2.42. The normalized spacial score (nSPS) is 16.4. The number of anilines is 1. The molecule has 0 radical (unpaired) electrons. The first-order valence-electron chi connectivity index (χ1n) is 11.8. The third kappa shape index (κ3) is 3.82. The predicted molar refractivity (Wildman–Crippen MR) is 137 cm³/mol. The molecule has 5 nitrogen and oxygen atoms in total. The number of carbonyl (C=O) groups excluding carboxylic acids is 2. The van der Waals surface area contributed by atoms with Crippen molar-refractivity contribution in [1.29, 1.82) is 0 Å². The van der Waals surface area contributed by atoms with Crippen LogP contribution in [0.3, 0.4) is 0 Å². The zero-order valence-corrected chi connectivity index (χ0v) is 19.8. The lowest BCUT2D eigenvalue weighted by atomic mass is 9.97. The number of fused-ring (bicyclic) bond motifs is 3. The zero-order valence-electron chi connectivity index (χ0n) is 19.0. The van der Waals surface area contributed by atoms with Crippen LogP contribution in [0.1, 0.15) is 40.5 Å². The monoisotopic (exact) mass is 481 g/mol. The molecule has 35 heavy (non-hydrogen) atoms. The van der Waals surface area contributed by atoms with E-state index >= 15 is 0 Å². The van der Waals surface area contributed by atoms with Gasteiger partial charge < -0.3 is 9.47 Å². The highest BCUT2D eigenvalue weighted by atomic mass is 35.5. The second kappa shape index (κ2) is 8.75. The van der Waals surface area contributed by atoms with E-state index in [2.05, 4.69) is 10.6 Å². The Kier molecular flexibility index (Phi) is 5.42. The van der Waals surface area contributed by atoms with Crippen LogP contribution < -0.4 is 4.90 Å². The number of carbonyl (C=O) groups is 2. The molecule has 4 aromatic rings. The van der Waals surface area contributed by atoms with Crippen LogP contribution in [0.5, 0.6) is 0 Å². The maximum absolute atomic E-state index is 14.1. The van der Waals surface area contributed by atoms with Crippen LogP contribution in [-0.4, -0.2) is 33.9 Å². The molecule has 6 heteroatoms. The summed E-state index contributed by atoms with van der Waals surface area (Å²) in [5.74, 6) is -0.317. The zero-order chi connectivity index (χ0) is 23.9. The van der Waals surface area contributed by atoms with Crippen molar-refractivity contribution in [2.24, 2.45) is 0 Å². The van der Waals surface area contributed by atoms with Crippen LogP contribution >= 0.6 is 11.6 Å². The van der Waals surface area contributed by atoms with Gasteiger partial charge >= 0.3 is 0 Å². The van der Waals surface area contributed by atoms with Gasteiger partial charge in [0.2, 0.25) is 5.91 Å². The van der Waals surface area contributed by atoms with E-state index in [0.29, 0.717) is 10.6 Å². The summed E-state index contributed by atoms with van der Waals surface area (Å²) >= 11 is 6.34. The number of amides is 2. The first kappa shape index (κ1) is 21.7. The molecule has 3 aromatic carbocycles. The van der Waals surface area contributed by atoms with E-state index in [-0.39, 0.29) is 30.4 Å². The first-order chi connectivity index (χ1) is 17.1. The molecule has 1 saturated carbocycles. The van der Waals surface area contributed by atoms with Crippen molar-refractivity contribution in [2.75, 3.05) is 11.4 Å². The Balaban J connectivity index is 1.41.